The Labute approximate surface area is 56.0 Å². The SMILES string of the molecule is C1CN2CCC3(CC3)C12. The molecule has 1 nitrogen and oxygen atoms in total. The third-order valence-electron chi connectivity index (χ3n) is 3.63. The fourth-order valence-electron chi connectivity index (χ4n) is 2.68. The molecule has 2 heterocycles. The van der Waals surface area contributed by atoms with Crippen LogP contribution in [0.5, 0.6) is 0 Å². The van der Waals surface area contributed by atoms with Gasteiger partial charge in [-0.2, -0.15) is 0 Å². The molecule has 0 N–H and O–H groups in total. The molecule has 1 heteroatoms. The molecular weight excluding hydrogens is 110 g/mol. The smallest absolute Gasteiger partial charge is 0.0164 e. The third-order valence-corrected chi connectivity index (χ3v) is 3.63. The van der Waals surface area contributed by atoms with Gasteiger partial charge in [0.1, 0.15) is 0 Å². The van der Waals surface area contributed by atoms with E-state index >= 15 is 0 Å². The molecule has 1 atom stereocenters. The summed E-state index contributed by atoms with van der Waals surface area (Å²) in [4.78, 5) is 2.67. The molecule has 1 aliphatic carbocycles. The van der Waals surface area contributed by atoms with Crippen molar-refractivity contribution in [3.63, 3.8) is 0 Å². The molecule has 3 rings (SSSR count). The topological polar surface area (TPSA) is 3.24 Å². The molecule has 0 aromatic heterocycles. The molecule has 3 aliphatic rings. The first kappa shape index (κ1) is 4.73. The Bertz CT molecular complexity index is 149. The second kappa shape index (κ2) is 1.20. The second-order valence-electron chi connectivity index (χ2n) is 3.95. The summed E-state index contributed by atoms with van der Waals surface area (Å²) in [5, 5.41) is 0. The Morgan fingerprint density at radius 1 is 1.11 bits per heavy atom. The Morgan fingerprint density at radius 2 is 2.00 bits per heavy atom. The quantitative estimate of drug-likeness (QED) is 0.468. The lowest BCUT2D eigenvalue weighted by atomic mass is 9.90. The van der Waals surface area contributed by atoms with Crippen LogP contribution in [-0.2, 0) is 0 Å². The number of rotatable bonds is 0. The lowest BCUT2D eigenvalue weighted by Gasteiger charge is -2.38. The predicted molar refractivity (Wildman–Crippen MR) is 36.3 cm³/mol. The molecule has 9 heavy (non-hydrogen) atoms. The first-order chi connectivity index (χ1) is 4.41. The third kappa shape index (κ3) is 0.420. The van der Waals surface area contributed by atoms with Crippen molar-refractivity contribution in [2.45, 2.75) is 31.7 Å². The standard InChI is InChI=1S/C8H13N/c1-5-9-6-4-8(2-3-8)7(1)9/h7H,1-6H2. The van der Waals surface area contributed by atoms with Gasteiger partial charge in [-0.3, -0.25) is 4.90 Å². The minimum absolute atomic E-state index is 0.887. The van der Waals surface area contributed by atoms with Gasteiger partial charge in [-0.25, -0.2) is 0 Å². The van der Waals surface area contributed by atoms with Gasteiger partial charge >= 0.3 is 0 Å². The molecule has 50 valence electrons. The zero-order chi connectivity index (χ0) is 5.90. The lowest BCUT2D eigenvalue weighted by Crippen LogP contribution is -2.45. The summed E-state index contributed by atoms with van der Waals surface area (Å²) in [7, 11) is 0. The van der Waals surface area contributed by atoms with Gasteiger partial charge in [0, 0.05) is 6.04 Å². The van der Waals surface area contributed by atoms with Gasteiger partial charge in [0.05, 0.1) is 0 Å². The monoisotopic (exact) mass is 123 g/mol. The molecule has 0 bridgehead atoms. The first-order valence-corrected chi connectivity index (χ1v) is 4.15. The molecular formula is C8H13N. The van der Waals surface area contributed by atoms with Crippen molar-refractivity contribution < 1.29 is 0 Å². The first-order valence-electron chi connectivity index (χ1n) is 4.15. The van der Waals surface area contributed by atoms with Crippen molar-refractivity contribution in [2.75, 3.05) is 13.1 Å². The molecule has 3 fully saturated rings. The van der Waals surface area contributed by atoms with E-state index in [0.29, 0.717) is 0 Å². The molecule has 2 saturated heterocycles. The fourth-order valence-corrected chi connectivity index (χ4v) is 2.68. The summed E-state index contributed by atoms with van der Waals surface area (Å²) in [6.07, 6.45) is 6.14. The normalized spacial score (nSPS) is 44.7. The maximum absolute atomic E-state index is 2.67. The van der Waals surface area contributed by atoms with E-state index < -0.39 is 0 Å². The van der Waals surface area contributed by atoms with Gasteiger partial charge in [0.2, 0.25) is 0 Å². The van der Waals surface area contributed by atoms with E-state index in [2.05, 4.69) is 4.90 Å². The zero-order valence-corrected chi connectivity index (χ0v) is 5.77. The van der Waals surface area contributed by atoms with Gasteiger partial charge in [-0.1, -0.05) is 0 Å². The Kier molecular flexibility index (Phi) is 0.628. The van der Waals surface area contributed by atoms with Crippen molar-refractivity contribution in [3.05, 3.63) is 0 Å². The predicted octanol–water partition coefficient (Wildman–Crippen LogP) is 1.24. The molecule has 0 radical (unpaired) electrons. The summed E-state index contributed by atoms with van der Waals surface area (Å²) in [5.74, 6) is 0. The number of nitrogens with zero attached hydrogens (tertiary/aromatic N) is 1. The van der Waals surface area contributed by atoms with E-state index in [4.69, 9.17) is 0 Å². The zero-order valence-electron chi connectivity index (χ0n) is 5.77. The maximum atomic E-state index is 2.67. The van der Waals surface area contributed by atoms with E-state index in [1.165, 1.54) is 25.9 Å². The van der Waals surface area contributed by atoms with E-state index in [1.807, 2.05) is 0 Å². The van der Waals surface area contributed by atoms with Crippen molar-refractivity contribution in [3.8, 4) is 0 Å². The van der Waals surface area contributed by atoms with Crippen molar-refractivity contribution in [2.24, 2.45) is 5.41 Å². The molecule has 1 unspecified atom stereocenters. The van der Waals surface area contributed by atoms with E-state index in [0.717, 1.165) is 11.5 Å². The Hall–Kier alpha value is -0.0400. The minimum Gasteiger partial charge on any atom is -0.300 e. The Balaban J connectivity index is 1.92. The summed E-state index contributed by atoms with van der Waals surface area (Å²) < 4.78 is 0. The van der Waals surface area contributed by atoms with Crippen molar-refractivity contribution >= 4 is 0 Å². The summed E-state index contributed by atoms with van der Waals surface area (Å²) >= 11 is 0. The highest BCUT2D eigenvalue weighted by Gasteiger charge is 2.57. The highest BCUT2D eigenvalue weighted by molar-refractivity contribution is 5.11. The molecule has 1 spiro atoms. The van der Waals surface area contributed by atoms with Crippen LogP contribution in [0.4, 0.5) is 0 Å². The van der Waals surface area contributed by atoms with Crippen molar-refractivity contribution in [1.82, 2.24) is 4.90 Å². The van der Waals surface area contributed by atoms with Gasteiger partial charge in [-0.05, 0) is 44.2 Å². The molecule has 0 aromatic carbocycles. The van der Waals surface area contributed by atoms with Crippen LogP contribution in [0.2, 0.25) is 0 Å². The fraction of sp³-hybridized carbons (Fsp3) is 1.00. The highest BCUT2D eigenvalue weighted by atomic mass is 15.3. The number of hydrogen-bond acceptors (Lipinski definition) is 1. The van der Waals surface area contributed by atoms with Crippen LogP contribution in [0, 0.1) is 5.41 Å². The van der Waals surface area contributed by atoms with E-state index in [1.54, 1.807) is 12.8 Å². The van der Waals surface area contributed by atoms with Gasteiger partial charge in [-0.15, -0.1) is 0 Å². The minimum atomic E-state index is 0.887. The van der Waals surface area contributed by atoms with Crippen LogP contribution < -0.4 is 0 Å². The largest absolute Gasteiger partial charge is 0.300 e. The second-order valence-corrected chi connectivity index (χ2v) is 3.95. The van der Waals surface area contributed by atoms with Crippen molar-refractivity contribution in [1.29, 1.82) is 0 Å². The summed E-state index contributed by atoms with van der Waals surface area (Å²) in [6, 6.07) is 1.05. The van der Waals surface area contributed by atoms with E-state index in [9.17, 15) is 0 Å². The average Bonchev–Trinajstić information content (AvgIpc) is 2.41. The number of hydrogen-bond donors (Lipinski definition) is 0. The van der Waals surface area contributed by atoms with Crippen LogP contribution in [0.25, 0.3) is 0 Å². The number of fused-ring (bicyclic) bond motifs is 2. The van der Waals surface area contributed by atoms with Crippen LogP contribution in [0.1, 0.15) is 25.7 Å². The van der Waals surface area contributed by atoms with Crippen LogP contribution >= 0.6 is 0 Å². The maximum Gasteiger partial charge on any atom is 0.0164 e. The van der Waals surface area contributed by atoms with E-state index in [-0.39, 0.29) is 0 Å². The molecule has 2 aliphatic heterocycles. The molecule has 1 saturated carbocycles. The van der Waals surface area contributed by atoms with Crippen LogP contribution in [0.15, 0.2) is 0 Å². The van der Waals surface area contributed by atoms with Gasteiger partial charge in [0.25, 0.3) is 0 Å². The van der Waals surface area contributed by atoms with Crippen LogP contribution in [-0.4, -0.2) is 24.0 Å². The average molecular weight is 123 g/mol. The van der Waals surface area contributed by atoms with Gasteiger partial charge < -0.3 is 0 Å². The lowest BCUT2D eigenvalue weighted by molar-refractivity contribution is 0.106. The highest BCUT2D eigenvalue weighted by Crippen LogP contribution is 2.60. The summed E-state index contributed by atoms with van der Waals surface area (Å²) in [6.45, 7) is 2.83. The molecule has 0 amide bonds. The molecule has 0 aromatic rings. The van der Waals surface area contributed by atoms with Gasteiger partial charge in [0.15, 0.2) is 0 Å². The van der Waals surface area contributed by atoms with Crippen LogP contribution in [0.3, 0.4) is 0 Å². The Morgan fingerprint density at radius 3 is 2.33 bits per heavy atom. The summed E-state index contributed by atoms with van der Waals surface area (Å²) in [5.41, 5.74) is 0.887.